The number of aryl methyl sites for hydroxylation is 1. The monoisotopic (exact) mass is 413 g/mol. The van der Waals surface area contributed by atoms with Crippen LogP contribution in [0.4, 0.5) is 28.8 Å². The molecule has 1 aliphatic heterocycles. The lowest BCUT2D eigenvalue weighted by Gasteiger charge is -2.34. The van der Waals surface area contributed by atoms with Gasteiger partial charge in [0.05, 0.1) is 4.92 Å². The first kappa shape index (κ1) is 21.3. The first-order valence-electron chi connectivity index (χ1n) is 10.1. The van der Waals surface area contributed by atoms with E-state index in [9.17, 15) is 14.9 Å². The Morgan fingerprint density at radius 1 is 1.37 bits per heavy atom. The van der Waals surface area contributed by atoms with Crippen molar-refractivity contribution in [2.24, 2.45) is 0 Å². The fraction of sp³-hybridized carbons (Fsp3) is 0.450. The number of nitro groups is 1. The van der Waals surface area contributed by atoms with Gasteiger partial charge in [0.2, 0.25) is 11.9 Å². The molecular formula is C20H27N7O3. The number of carbonyl (C=O) groups excluding carboxylic acids is 1. The Labute approximate surface area is 175 Å². The minimum absolute atomic E-state index is 0.0384. The fourth-order valence-corrected chi connectivity index (χ4v) is 3.58. The van der Waals surface area contributed by atoms with E-state index < -0.39 is 4.92 Å². The van der Waals surface area contributed by atoms with E-state index in [2.05, 4.69) is 32.4 Å². The van der Waals surface area contributed by atoms with Crippen molar-refractivity contribution < 1.29 is 9.72 Å². The SMILES string of the molecule is CCCc1cc(N2CCCC(NC(C)=O)C2)nc(Nc2ccc(N)c([N+](=O)[O-])c2)n1. The average Bonchev–Trinajstić information content (AvgIpc) is 2.69. The Balaban J connectivity index is 1.87. The number of nitro benzene ring substituents is 1. The second-order valence-corrected chi connectivity index (χ2v) is 7.43. The molecule has 10 nitrogen and oxygen atoms in total. The third kappa shape index (κ3) is 5.34. The molecule has 1 aromatic heterocycles. The summed E-state index contributed by atoms with van der Waals surface area (Å²) in [6.45, 7) is 5.11. The first-order valence-corrected chi connectivity index (χ1v) is 10.1. The number of hydrogen-bond acceptors (Lipinski definition) is 8. The van der Waals surface area contributed by atoms with E-state index in [4.69, 9.17) is 5.73 Å². The van der Waals surface area contributed by atoms with Crippen molar-refractivity contribution in [3.63, 3.8) is 0 Å². The number of nitrogens with two attached hydrogens (primary N) is 1. The van der Waals surface area contributed by atoms with Crippen LogP contribution in [0.2, 0.25) is 0 Å². The Kier molecular flexibility index (Phi) is 6.65. The molecule has 10 heteroatoms. The molecule has 0 aliphatic carbocycles. The zero-order chi connectivity index (χ0) is 21.7. The van der Waals surface area contributed by atoms with Crippen LogP contribution in [0.1, 0.15) is 38.8 Å². The molecule has 0 bridgehead atoms. The number of nitrogens with one attached hydrogen (secondary N) is 2. The molecule has 3 rings (SSSR count). The maximum absolute atomic E-state index is 11.4. The molecule has 1 atom stereocenters. The molecule has 1 aromatic carbocycles. The highest BCUT2D eigenvalue weighted by Gasteiger charge is 2.22. The highest BCUT2D eigenvalue weighted by Crippen LogP contribution is 2.27. The van der Waals surface area contributed by atoms with Gasteiger partial charge in [-0.15, -0.1) is 0 Å². The van der Waals surface area contributed by atoms with Gasteiger partial charge < -0.3 is 21.3 Å². The van der Waals surface area contributed by atoms with Gasteiger partial charge in [0.1, 0.15) is 11.5 Å². The number of rotatable bonds is 7. The normalized spacial score (nSPS) is 16.2. The summed E-state index contributed by atoms with van der Waals surface area (Å²) in [5.74, 6) is 1.11. The molecule has 1 amide bonds. The van der Waals surface area contributed by atoms with Crippen molar-refractivity contribution in [3.05, 3.63) is 40.1 Å². The van der Waals surface area contributed by atoms with Crippen molar-refractivity contribution in [3.8, 4) is 0 Å². The fourth-order valence-electron chi connectivity index (χ4n) is 3.58. The van der Waals surface area contributed by atoms with Crippen LogP contribution in [0, 0.1) is 10.1 Å². The Hall–Kier alpha value is -3.43. The van der Waals surface area contributed by atoms with Gasteiger partial charge >= 0.3 is 0 Å². The van der Waals surface area contributed by atoms with Gasteiger partial charge in [0.25, 0.3) is 5.69 Å². The zero-order valence-electron chi connectivity index (χ0n) is 17.2. The van der Waals surface area contributed by atoms with Gasteiger partial charge in [-0.05, 0) is 31.4 Å². The van der Waals surface area contributed by atoms with Crippen LogP contribution in [0.3, 0.4) is 0 Å². The first-order chi connectivity index (χ1) is 14.4. The molecule has 1 aliphatic rings. The molecule has 0 radical (unpaired) electrons. The molecule has 1 saturated heterocycles. The molecule has 30 heavy (non-hydrogen) atoms. The van der Waals surface area contributed by atoms with Gasteiger partial charge in [-0.25, -0.2) is 4.98 Å². The summed E-state index contributed by atoms with van der Waals surface area (Å²) < 4.78 is 0. The second-order valence-electron chi connectivity index (χ2n) is 7.43. The number of anilines is 4. The molecule has 0 spiro atoms. The van der Waals surface area contributed by atoms with Gasteiger partial charge in [-0.1, -0.05) is 13.3 Å². The maximum Gasteiger partial charge on any atom is 0.294 e. The predicted octanol–water partition coefficient (Wildman–Crippen LogP) is 2.77. The van der Waals surface area contributed by atoms with E-state index in [1.807, 2.05) is 6.07 Å². The molecule has 2 heterocycles. The number of nitrogen functional groups attached to an aromatic ring is 1. The van der Waals surface area contributed by atoms with E-state index in [0.717, 1.165) is 43.7 Å². The lowest BCUT2D eigenvalue weighted by Crippen LogP contribution is -2.47. The van der Waals surface area contributed by atoms with Crippen LogP contribution >= 0.6 is 0 Å². The lowest BCUT2D eigenvalue weighted by molar-refractivity contribution is -0.383. The van der Waals surface area contributed by atoms with E-state index >= 15 is 0 Å². The molecule has 1 unspecified atom stereocenters. The van der Waals surface area contributed by atoms with Crippen molar-refractivity contribution in [1.82, 2.24) is 15.3 Å². The minimum atomic E-state index is -0.518. The second kappa shape index (κ2) is 9.38. The summed E-state index contributed by atoms with van der Waals surface area (Å²) in [5, 5.41) is 17.2. The lowest BCUT2D eigenvalue weighted by atomic mass is 10.1. The molecule has 4 N–H and O–H groups in total. The standard InChI is InChI=1S/C20H27N7O3/c1-3-5-14-11-19(26-9-4-6-16(12-26)22-13(2)28)25-20(23-14)24-15-7-8-17(21)18(10-15)27(29)30/h7-8,10-11,16H,3-6,9,12,21H2,1-2H3,(H,22,28)(H,23,24,25). The van der Waals surface area contributed by atoms with Crippen molar-refractivity contribution >= 4 is 34.7 Å². The Bertz CT molecular complexity index is 935. The van der Waals surface area contributed by atoms with Gasteiger partial charge in [-0.3, -0.25) is 14.9 Å². The van der Waals surface area contributed by atoms with Crippen molar-refractivity contribution in [2.45, 2.75) is 45.6 Å². The third-order valence-electron chi connectivity index (χ3n) is 4.91. The smallest absolute Gasteiger partial charge is 0.294 e. The van der Waals surface area contributed by atoms with Crippen LogP contribution in [-0.2, 0) is 11.2 Å². The summed E-state index contributed by atoms with van der Waals surface area (Å²) in [5.41, 5.74) is 6.99. The molecular weight excluding hydrogens is 386 g/mol. The average molecular weight is 413 g/mol. The molecule has 1 fully saturated rings. The topological polar surface area (TPSA) is 139 Å². The Morgan fingerprint density at radius 2 is 2.17 bits per heavy atom. The summed E-state index contributed by atoms with van der Waals surface area (Å²) >= 11 is 0. The van der Waals surface area contributed by atoms with Crippen LogP contribution < -0.4 is 21.3 Å². The largest absolute Gasteiger partial charge is 0.393 e. The van der Waals surface area contributed by atoms with Crippen molar-refractivity contribution in [1.29, 1.82) is 0 Å². The molecule has 160 valence electrons. The molecule has 2 aromatic rings. The quantitative estimate of drug-likeness (QED) is 0.358. The van der Waals surface area contributed by atoms with Gasteiger partial charge in [0, 0.05) is 49.6 Å². The van der Waals surface area contributed by atoms with Crippen LogP contribution in [-0.4, -0.2) is 39.9 Å². The highest BCUT2D eigenvalue weighted by molar-refractivity contribution is 5.73. The number of piperidine rings is 1. The van der Waals surface area contributed by atoms with Crippen molar-refractivity contribution in [2.75, 3.05) is 29.0 Å². The van der Waals surface area contributed by atoms with Crippen LogP contribution in [0.15, 0.2) is 24.3 Å². The predicted molar refractivity (Wildman–Crippen MR) is 116 cm³/mol. The van der Waals surface area contributed by atoms with E-state index in [1.165, 1.54) is 19.1 Å². The van der Waals surface area contributed by atoms with E-state index in [0.29, 0.717) is 18.2 Å². The highest BCUT2D eigenvalue weighted by atomic mass is 16.6. The number of amides is 1. The number of carbonyl (C=O) groups is 1. The summed E-state index contributed by atoms with van der Waals surface area (Å²) in [6, 6.07) is 6.57. The maximum atomic E-state index is 11.4. The number of aromatic nitrogens is 2. The van der Waals surface area contributed by atoms with Crippen LogP contribution in [0.5, 0.6) is 0 Å². The zero-order valence-corrected chi connectivity index (χ0v) is 17.2. The van der Waals surface area contributed by atoms with Gasteiger partial charge in [-0.2, -0.15) is 4.98 Å². The number of nitrogens with zero attached hydrogens (tertiary/aromatic N) is 4. The van der Waals surface area contributed by atoms with E-state index in [1.54, 1.807) is 6.07 Å². The Morgan fingerprint density at radius 3 is 2.87 bits per heavy atom. The third-order valence-corrected chi connectivity index (χ3v) is 4.91. The number of benzene rings is 1. The van der Waals surface area contributed by atoms with Gasteiger partial charge in [0.15, 0.2) is 0 Å². The minimum Gasteiger partial charge on any atom is -0.393 e. The summed E-state index contributed by atoms with van der Waals surface area (Å²) in [4.78, 5) is 33.4. The van der Waals surface area contributed by atoms with E-state index in [-0.39, 0.29) is 23.3 Å². The summed E-state index contributed by atoms with van der Waals surface area (Å²) in [7, 11) is 0. The number of hydrogen-bond donors (Lipinski definition) is 3. The molecule has 0 saturated carbocycles. The summed E-state index contributed by atoms with van der Waals surface area (Å²) in [6.07, 6.45) is 3.60. The van der Waals surface area contributed by atoms with Crippen LogP contribution in [0.25, 0.3) is 0 Å².